The van der Waals surface area contributed by atoms with Crippen LogP contribution in [-0.2, 0) is 20.8 Å². The van der Waals surface area contributed by atoms with Gasteiger partial charge in [-0.1, -0.05) is 15.9 Å². The summed E-state index contributed by atoms with van der Waals surface area (Å²) < 4.78 is 61.9. The maximum absolute atomic E-state index is 12.7. The fourth-order valence-corrected chi connectivity index (χ4v) is 3.58. The number of sulfone groups is 1. The van der Waals surface area contributed by atoms with Crippen LogP contribution in [0.25, 0.3) is 0 Å². The molecule has 0 radical (unpaired) electrons. The van der Waals surface area contributed by atoms with Crippen LogP contribution in [0.5, 0.6) is 0 Å². The molecule has 0 saturated carbocycles. The van der Waals surface area contributed by atoms with E-state index in [1.54, 1.807) is 0 Å². The molecular weight excluding hydrogens is 437 g/mol. The topological polar surface area (TPSA) is 76.1 Å². The lowest BCUT2D eigenvalue weighted by Crippen LogP contribution is -2.44. The Kier molecular flexibility index (Phi) is 5.48. The van der Waals surface area contributed by atoms with Crippen molar-refractivity contribution in [1.29, 1.82) is 0 Å². The number of alkyl halides is 3. The molecule has 1 amide bonds. The number of hydrogen-bond acceptors (Lipinski definition) is 4. The van der Waals surface area contributed by atoms with Crippen LogP contribution in [0.2, 0.25) is 0 Å². The quantitative estimate of drug-likeness (QED) is 0.761. The van der Waals surface area contributed by atoms with Crippen LogP contribution in [-0.4, -0.2) is 24.1 Å². The Bertz CT molecular complexity index is 909. The lowest BCUT2D eigenvalue weighted by molar-refractivity contribution is -0.137. The minimum atomic E-state index is -4.56. The van der Waals surface area contributed by atoms with E-state index < -0.39 is 32.2 Å². The molecule has 0 fully saturated rings. The highest BCUT2D eigenvalue weighted by atomic mass is 79.9. The fourth-order valence-electron chi connectivity index (χ4n) is 1.93. The molecule has 0 aliphatic rings. The zero-order chi connectivity index (χ0) is 19.8. The van der Waals surface area contributed by atoms with Gasteiger partial charge < -0.3 is 5.32 Å². The first-order valence-corrected chi connectivity index (χ1v) is 9.48. The number of halogens is 4. The van der Waals surface area contributed by atoms with E-state index in [1.165, 1.54) is 38.1 Å². The van der Waals surface area contributed by atoms with E-state index in [0.29, 0.717) is 10.7 Å². The number of aromatic nitrogens is 1. The Morgan fingerprint density at radius 1 is 1.08 bits per heavy atom. The summed E-state index contributed by atoms with van der Waals surface area (Å²) >= 11 is 3.19. The Labute approximate surface area is 156 Å². The maximum atomic E-state index is 12.7. The number of benzene rings is 1. The molecule has 0 saturated heterocycles. The summed E-state index contributed by atoms with van der Waals surface area (Å²) in [4.78, 5) is 15.9. The number of hydrogen-bond donors (Lipinski definition) is 1. The van der Waals surface area contributed by atoms with Gasteiger partial charge in [0.25, 0.3) is 0 Å². The van der Waals surface area contributed by atoms with Gasteiger partial charge in [0, 0.05) is 10.7 Å². The predicted molar refractivity (Wildman–Crippen MR) is 93.3 cm³/mol. The third-order valence-corrected chi connectivity index (χ3v) is 6.63. The van der Waals surface area contributed by atoms with Gasteiger partial charge in [-0.2, -0.15) is 13.2 Å². The van der Waals surface area contributed by atoms with Crippen molar-refractivity contribution in [1.82, 2.24) is 4.98 Å². The summed E-state index contributed by atoms with van der Waals surface area (Å²) in [6.07, 6.45) is -3.99. The van der Waals surface area contributed by atoms with Gasteiger partial charge in [-0.05, 0) is 50.2 Å². The molecule has 5 nitrogen and oxygen atoms in total. The van der Waals surface area contributed by atoms with Crippen LogP contribution in [0.3, 0.4) is 0 Å². The Balaban J connectivity index is 2.25. The van der Waals surface area contributed by atoms with Crippen LogP contribution >= 0.6 is 15.9 Å². The highest BCUT2D eigenvalue weighted by Gasteiger charge is 2.43. The number of carbonyl (C=O) groups excluding carboxylic acids is 1. The van der Waals surface area contributed by atoms with Crippen molar-refractivity contribution in [3.05, 3.63) is 52.6 Å². The Morgan fingerprint density at radius 3 is 2.12 bits per heavy atom. The molecule has 0 aliphatic carbocycles. The molecule has 0 bridgehead atoms. The second-order valence-electron chi connectivity index (χ2n) is 5.85. The summed E-state index contributed by atoms with van der Waals surface area (Å²) in [7, 11) is -4.05. The number of amides is 1. The number of rotatable bonds is 4. The van der Waals surface area contributed by atoms with Crippen molar-refractivity contribution < 1.29 is 26.4 Å². The van der Waals surface area contributed by atoms with Gasteiger partial charge >= 0.3 is 6.18 Å². The van der Waals surface area contributed by atoms with Crippen LogP contribution < -0.4 is 5.32 Å². The molecule has 1 aromatic carbocycles. The highest BCUT2D eigenvalue weighted by molar-refractivity contribution is 9.10. The maximum Gasteiger partial charge on any atom is 0.417 e. The minimum absolute atomic E-state index is 0.0544. The molecule has 1 N–H and O–H groups in total. The molecule has 0 atom stereocenters. The van der Waals surface area contributed by atoms with Gasteiger partial charge in [0.1, 0.15) is 10.6 Å². The summed E-state index contributed by atoms with van der Waals surface area (Å²) in [5.41, 5.74) is -0.975. The smallest absolute Gasteiger partial charge is 0.309 e. The van der Waals surface area contributed by atoms with Crippen molar-refractivity contribution in [3.63, 3.8) is 0 Å². The van der Waals surface area contributed by atoms with E-state index in [0.717, 1.165) is 12.1 Å². The first-order valence-electron chi connectivity index (χ1n) is 7.20. The Morgan fingerprint density at radius 2 is 1.65 bits per heavy atom. The molecule has 1 aromatic heterocycles. The van der Waals surface area contributed by atoms with Crippen molar-refractivity contribution in [2.24, 2.45) is 0 Å². The summed E-state index contributed by atoms with van der Waals surface area (Å²) in [5.74, 6) is -1.09. The number of nitrogens with one attached hydrogen (secondary N) is 1. The van der Waals surface area contributed by atoms with Gasteiger partial charge in [0.15, 0.2) is 9.84 Å². The summed E-state index contributed by atoms with van der Waals surface area (Å²) in [6.45, 7) is 2.42. The van der Waals surface area contributed by atoms with E-state index >= 15 is 0 Å². The Hall–Kier alpha value is -1.94. The first kappa shape index (κ1) is 20.4. The van der Waals surface area contributed by atoms with Gasteiger partial charge in [-0.25, -0.2) is 13.4 Å². The lowest BCUT2D eigenvalue weighted by Gasteiger charge is -2.23. The summed E-state index contributed by atoms with van der Waals surface area (Å²) in [5, 5.41) is 2.24. The molecule has 0 spiro atoms. The van der Waals surface area contributed by atoms with E-state index in [-0.39, 0.29) is 10.7 Å². The van der Waals surface area contributed by atoms with Gasteiger partial charge in [-0.3, -0.25) is 4.79 Å². The third-order valence-electron chi connectivity index (χ3n) is 3.67. The van der Waals surface area contributed by atoms with Crippen LogP contribution in [0.4, 0.5) is 19.0 Å². The van der Waals surface area contributed by atoms with Crippen LogP contribution in [0.1, 0.15) is 19.4 Å². The van der Waals surface area contributed by atoms with Gasteiger partial charge in [-0.15, -0.1) is 0 Å². The summed E-state index contributed by atoms with van der Waals surface area (Å²) in [6, 6.07) is 7.47. The zero-order valence-corrected chi connectivity index (χ0v) is 16.0. The molecule has 26 heavy (non-hydrogen) atoms. The number of pyridine rings is 1. The number of carbonyl (C=O) groups is 1. The molecular formula is C16H14BrF3N2O3S. The van der Waals surface area contributed by atoms with E-state index in [9.17, 15) is 26.4 Å². The molecule has 140 valence electrons. The molecule has 2 aromatic rings. The third kappa shape index (κ3) is 4.07. The number of anilines is 1. The largest absolute Gasteiger partial charge is 0.417 e. The van der Waals surface area contributed by atoms with E-state index in [2.05, 4.69) is 26.2 Å². The fraction of sp³-hybridized carbons (Fsp3) is 0.250. The molecule has 0 aliphatic heterocycles. The van der Waals surface area contributed by atoms with Crippen molar-refractivity contribution in [2.75, 3.05) is 5.32 Å². The standard InChI is InChI=1S/C16H14BrF3N2O3S/c1-15(2,26(24,25)12-6-4-11(17)5-7-12)14(23)22-13-8-3-10(9-21-13)16(18,19)20/h3-9H,1-2H3,(H,21,22,23). The SMILES string of the molecule is CC(C)(C(=O)Nc1ccc(C(F)(F)F)cn1)S(=O)(=O)c1ccc(Br)cc1. The van der Waals surface area contributed by atoms with Gasteiger partial charge in [0.2, 0.25) is 5.91 Å². The molecule has 1 heterocycles. The predicted octanol–water partition coefficient (Wildman–Crippen LogP) is 4.05. The second kappa shape index (κ2) is 6.99. The first-order chi connectivity index (χ1) is 11.9. The van der Waals surface area contributed by atoms with Crippen LogP contribution in [0, 0.1) is 0 Å². The number of nitrogens with zero attached hydrogens (tertiary/aromatic N) is 1. The minimum Gasteiger partial charge on any atom is -0.309 e. The monoisotopic (exact) mass is 450 g/mol. The lowest BCUT2D eigenvalue weighted by atomic mass is 10.2. The second-order valence-corrected chi connectivity index (χ2v) is 9.27. The average Bonchev–Trinajstić information content (AvgIpc) is 2.54. The molecule has 10 heteroatoms. The molecule has 2 rings (SSSR count). The van der Waals surface area contributed by atoms with E-state index in [4.69, 9.17) is 0 Å². The van der Waals surface area contributed by atoms with Crippen molar-refractivity contribution in [2.45, 2.75) is 29.7 Å². The van der Waals surface area contributed by atoms with E-state index in [1.807, 2.05) is 0 Å². The molecule has 0 unspecified atom stereocenters. The van der Waals surface area contributed by atoms with Crippen molar-refractivity contribution >= 4 is 37.5 Å². The normalized spacial score (nSPS) is 12.7. The average molecular weight is 451 g/mol. The highest BCUT2D eigenvalue weighted by Crippen LogP contribution is 2.30. The van der Waals surface area contributed by atoms with Crippen LogP contribution in [0.15, 0.2) is 52.0 Å². The van der Waals surface area contributed by atoms with Gasteiger partial charge in [0.05, 0.1) is 10.5 Å². The van der Waals surface area contributed by atoms with Crippen molar-refractivity contribution in [3.8, 4) is 0 Å². The zero-order valence-electron chi connectivity index (χ0n) is 13.6.